The van der Waals surface area contributed by atoms with Crippen molar-refractivity contribution in [1.29, 1.82) is 0 Å². The van der Waals surface area contributed by atoms with Gasteiger partial charge in [0.1, 0.15) is 17.5 Å². The molecule has 0 bridgehead atoms. The van der Waals surface area contributed by atoms with Crippen LogP contribution in [0.15, 0.2) is 30.3 Å². The van der Waals surface area contributed by atoms with Crippen LogP contribution in [0, 0.1) is 6.92 Å². The quantitative estimate of drug-likeness (QED) is 0.909. The van der Waals surface area contributed by atoms with Crippen LogP contribution in [0.25, 0.3) is 0 Å². The van der Waals surface area contributed by atoms with Crippen molar-refractivity contribution in [2.75, 3.05) is 41.3 Å². The van der Waals surface area contributed by atoms with Crippen LogP contribution in [0.3, 0.4) is 0 Å². The van der Waals surface area contributed by atoms with Crippen LogP contribution < -0.4 is 15.1 Å². The number of rotatable bonds is 4. The lowest BCUT2D eigenvalue weighted by Gasteiger charge is -2.28. The fourth-order valence-electron chi connectivity index (χ4n) is 3.78. The van der Waals surface area contributed by atoms with Gasteiger partial charge >= 0.3 is 0 Å². The largest absolute Gasteiger partial charge is 0.372 e. The van der Waals surface area contributed by atoms with Crippen LogP contribution in [0.5, 0.6) is 0 Å². The molecule has 4 rings (SSSR count). The first kappa shape index (κ1) is 16.2. The first-order valence-electron chi connectivity index (χ1n) is 9.51. The Labute approximate surface area is 150 Å². The van der Waals surface area contributed by atoms with E-state index in [9.17, 15) is 0 Å². The second kappa shape index (κ2) is 7.30. The Morgan fingerprint density at radius 1 is 0.800 bits per heavy atom. The maximum absolute atomic E-state index is 4.63. The highest BCUT2D eigenvalue weighted by Gasteiger charge is 2.14. The van der Waals surface area contributed by atoms with E-state index >= 15 is 0 Å². The van der Waals surface area contributed by atoms with Crippen molar-refractivity contribution < 1.29 is 0 Å². The van der Waals surface area contributed by atoms with Crippen molar-refractivity contribution in [2.24, 2.45) is 0 Å². The monoisotopic (exact) mass is 337 g/mol. The van der Waals surface area contributed by atoms with Gasteiger partial charge in [-0.25, -0.2) is 9.97 Å². The number of benzene rings is 1. The van der Waals surface area contributed by atoms with Crippen molar-refractivity contribution in [2.45, 2.75) is 39.0 Å². The summed E-state index contributed by atoms with van der Waals surface area (Å²) in [6.45, 7) is 6.52. The van der Waals surface area contributed by atoms with E-state index in [2.05, 4.69) is 55.4 Å². The van der Waals surface area contributed by atoms with Gasteiger partial charge in [-0.05, 0) is 63.3 Å². The van der Waals surface area contributed by atoms with E-state index < -0.39 is 0 Å². The fourth-order valence-corrected chi connectivity index (χ4v) is 3.78. The predicted molar refractivity (Wildman–Crippen MR) is 104 cm³/mol. The Hall–Kier alpha value is -2.30. The lowest BCUT2D eigenvalue weighted by molar-refractivity contribution is 0.572. The Kier molecular flexibility index (Phi) is 4.72. The number of nitrogens with zero attached hydrogens (tertiary/aromatic N) is 4. The number of aromatic nitrogens is 2. The summed E-state index contributed by atoms with van der Waals surface area (Å²) in [5.41, 5.74) is 2.39. The van der Waals surface area contributed by atoms with Crippen molar-refractivity contribution in [3.8, 4) is 0 Å². The second-order valence-corrected chi connectivity index (χ2v) is 7.07. The second-order valence-electron chi connectivity index (χ2n) is 7.07. The molecule has 2 fully saturated rings. The van der Waals surface area contributed by atoms with E-state index in [0.717, 1.165) is 36.2 Å². The Bertz CT molecular complexity index is 701. The third-order valence-electron chi connectivity index (χ3n) is 5.12. The van der Waals surface area contributed by atoms with Gasteiger partial charge in [0.15, 0.2) is 0 Å². The van der Waals surface area contributed by atoms with E-state index in [1.807, 2.05) is 6.92 Å². The number of aryl methyl sites for hydroxylation is 1. The highest BCUT2D eigenvalue weighted by molar-refractivity contribution is 5.63. The first-order chi connectivity index (χ1) is 12.3. The van der Waals surface area contributed by atoms with Crippen LogP contribution >= 0.6 is 0 Å². The lowest BCUT2D eigenvalue weighted by Crippen LogP contribution is -2.30. The minimum atomic E-state index is 0.819. The molecule has 0 unspecified atom stereocenters. The van der Waals surface area contributed by atoms with Crippen molar-refractivity contribution in [1.82, 2.24) is 9.97 Å². The number of anilines is 4. The molecule has 1 aromatic carbocycles. The number of hydrogen-bond donors (Lipinski definition) is 1. The van der Waals surface area contributed by atoms with E-state index in [1.54, 1.807) is 0 Å². The third kappa shape index (κ3) is 3.86. The SMILES string of the molecule is Cc1nc(Nc2ccc(N3CCCC3)cc2)cc(N2CCCCC2)n1. The van der Waals surface area contributed by atoms with Crippen molar-refractivity contribution >= 4 is 23.0 Å². The highest BCUT2D eigenvalue weighted by atomic mass is 15.2. The summed E-state index contributed by atoms with van der Waals surface area (Å²) in [4.78, 5) is 14.0. The molecule has 25 heavy (non-hydrogen) atoms. The van der Waals surface area contributed by atoms with Gasteiger partial charge in [-0.15, -0.1) is 0 Å². The average Bonchev–Trinajstić information content (AvgIpc) is 3.17. The molecule has 2 saturated heterocycles. The highest BCUT2D eigenvalue weighted by Crippen LogP contribution is 2.25. The minimum absolute atomic E-state index is 0.819. The molecule has 5 heteroatoms. The van der Waals surface area contributed by atoms with Gasteiger partial charge in [0.2, 0.25) is 0 Å². The van der Waals surface area contributed by atoms with E-state index in [0.29, 0.717) is 0 Å². The molecular weight excluding hydrogens is 310 g/mol. The Morgan fingerprint density at radius 2 is 1.44 bits per heavy atom. The molecule has 3 heterocycles. The summed E-state index contributed by atoms with van der Waals surface area (Å²) in [6.07, 6.45) is 6.45. The molecule has 1 aromatic heterocycles. The van der Waals surface area contributed by atoms with Crippen LogP contribution in [-0.4, -0.2) is 36.1 Å². The summed E-state index contributed by atoms with van der Waals surface area (Å²) in [5.74, 6) is 2.74. The van der Waals surface area contributed by atoms with Gasteiger partial charge in [-0.2, -0.15) is 0 Å². The van der Waals surface area contributed by atoms with Gasteiger partial charge in [0.25, 0.3) is 0 Å². The molecular formula is C20H27N5. The zero-order valence-corrected chi connectivity index (χ0v) is 15.0. The zero-order chi connectivity index (χ0) is 17.1. The predicted octanol–water partition coefficient (Wildman–Crippen LogP) is 4.12. The maximum Gasteiger partial charge on any atom is 0.136 e. The molecule has 5 nitrogen and oxygen atoms in total. The molecule has 0 spiro atoms. The summed E-state index contributed by atoms with van der Waals surface area (Å²) < 4.78 is 0. The van der Waals surface area contributed by atoms with Crippen molar-refractivity contribution in [3.63, 3.8) is 0 Å². The van der Waals surface area contributed by atoms with Gasteiger partial charge in [0.05, 0.1) is 0 Å². The normalized spacial score (nSPS) is 17.8. The molecule has 0 radical (unpaired) electrons. The number of hydrogen-bond acceptors (Lipinski definition) is 5. The lowest BCUT2D eigenvalue weighted by atomic mass is 10.1. The summed E-state index contributed by atoms with van der Waals surface area (Å²) in [5, 5.41) is 3.45. The van der Waals surface area contributed by atoms with Gasteiger partial charge in [0, 0.05) is 43.6 Å². The van der Waals surface area contributed by atoms with Gasteiger partial charge in [-0.1, -0.05) is 0 Å². The van der Waals surface area contributed by atoms with E-state index in [-0.39, 0.29) is 0 Å². The average molecular weight is 337 g/mol. The van der Waals surface area contributed by atoms with Gasteiger partial charge in [-0.3, -0.25) is 0 Å². The third-order valence-corrected chi connectivity index (χ3v) is 5.12. The summed E-state index contributed by atoms with van der Waals surface area (Å²) in [6, 6.07) is 10.8. The van der Waals surface area contributed by atoms with E-state index in [4.69, 9.17) is 0 Å². The number of piperidine rings is 1. The molecule has 1 N–H and O–H groups in total. The van der Waals surface area contributed by atoms with E-state index in [1.165, 1.54) is 50.9 Å². The van der Waals surface area contributed by atoms with Crippen LogP contribution in [-0.2, 0) is 0 Å². The number of nitrogens with one attached hydrogen (secondary N) is 1. The first-order valence-corrected chi connectivity index (χ1v) is 9.51. The zero-order valence-electron chi connectivity index (χ0n) is 15.0. The molecule has 2 aliphatic heterocycles. The molecule has 2 aliphatic rings. The smallest absolute Gasteiger partial charge is 0.136 e. The van der Waals surface area contributed by atoms with Crippen LogP contribution in [0.1, 0.15) is 37.9 Å². The maximum atomic E-state index is 4.63. The molecule has 0 amide bonds. The Morgan fingerprint density at radius 3 is 2.16 bits per heavy atom. The molecule has 0 atom stereocenters. The standard InChI is InChI=1S/C20H27N5/c1-16-21-19(15-20(22-16)25-13-3-2-4-14-25)23-17-7-9-18(10-8-17)24-11-5-6-12-24/h7-10,15H,2-6,11-14H2,1H3,(H,21,22,23). The summed E-state index contributed by atoms with van der Waals surface area (Å²) in [7, 11) is 0. The Balaban J connectivity index is 1.48. The molecule has 132 valence electrons. The van der Waals surface area contributed by atoms with Crippen LogP contribution in [0.2, 0.25) is 0 Å². The fraction of sp³-hybridized carbons (Fsp3) is 0.500. The van der Waals surface area contributed by atoms with Crippen LogP contribution in [0.4, 0.5) is 23.0 Å². The molecule has 2 aromatic rings. The minimum Gasteiger partial charge on any atom is -0.372 e. The van der Waals surface area contributed by atoms with Crippen molar-refractivity contribution in [3.05, 3.63) is 36.2 Å². The molecule has 0 saturated carbocycles. The van der Waals surface area contributed by atoms with Gasteiger partial charge < -0.3 is 15.1 Å². The summed E-state index contributed by atoms with van der Waals surface area (Å²) >= 11 is 0. The molecule has 0 aliphatic carbocycles. The topological polar surface area (TPSA) is 44.3 Å².